The molecular weight excluding hydrogens is 500 g/mol. The minimum absolute atomic E-state index is 0.0315. The summed E-state index contributed by atoms with van der Waals surface area (Å²) in [6.45, 7) is 18.6. The van der Waals surface area contributed by atoms with Gasteiger partial charge in [-0.1, -0.05) is 50.3 Å². The molecule has 0 aliphatic rings. The van der Waals surface area contributed by atoms with Gasteiger partial charge in [0.05, 0.1) is 11.4 Å². The second-order valence-electron chi connectivity index (χ2n) is 10.2. The third-order valence-electron chi connectivity index (χ3n) is 6.34. The molecule has 0 unspecified atom stereocenters. The number of sulfonamides is 1. The topological polar surface area (TPSA) is 66.9 Å². The fourth-order valence-electron chi connectivity index (χ4n) is 2.86. The van der Waals surface area contributed by atoms with Crippen LogP contribution in [0.5, 0.6) is 0 Å². The van der Waals surface area contributed by atoms with E-state index in [2.05, 4.69) is 69.5 Å². The number of nitrogens with zero attached hydrogens (tertiary/aromatic N) is 2. The summed E-state index contributed by atoms with van der Waals surface area (Å²) in [5.41, 5.74) is 0.959. The van der Waals surface area contributed by atoms with Gasteiger partial charge in [-0.25, -0.2) is 12.7 Å². The van der Waals surface area contributed by atoms with Crippen LogP contribution in [0, 0.1) is 42.6 Å². The highest BCUT2D eigenvalue weighted by atomic mass is 32.2. The average Bonchev–Trinajstić information content (AvgIpc) is 2.82. The van der Waals surface area contributed by atoms with Crippen LogP contribution in [0.25, 0.3) is 0 Å². The number of amides is 1. The number of aryl methyl sites for hydroxylation is 1. The summed E-state index contributed by atoms with van der Waals surface area (Å²) in [4.78, 5) is 13.9. The largest absolute Gasteiger partial charge is 0.417 e. The Morgan fingerprint density at radius 3 is 2.19 bits per heavy atom. The summed E-state index contributed by atoms with van der Waals surface area (Å²) in [5.74, 6) is 13.5. The van der Waals surface area contributed by atoms with Crippen molar-refractivity contribution in [2.45, 2.75) is 83.8 Å². The van der Waals surface area contributed by atoms with Crippen LogP contribution in [0.15, 0.2) is 29.2 Å². The molecule has 1 rings (SSSR count). The standard InChI is InChI=1S/C29H42N2O4SSi/c1-9-30(10-2)28(32)18-14-16-24-31(36(33,34)27-21-19-26(3)20-22-27)23-15-12-11-13-17-25-35-37(7,8)29(4,5)6/h19-22H,9-10,13,16-17,24-25H2,1-8H3. The Morgan fingerprint density at radius 1 is 1.00 bits per heavy atom. The normalized spacial score (nSPS) is 11.2. The van der Waals surface area contributed by atoms with Crippen molar-refractivity contribution in [1.29, 1.82) is 0 Å². The zero-order valence-corrected chi connectivity index (χ0v) is 25.5. The van der Waals surface area contributed by atoms with Crippen LogP contribution in [-0.4, -0.2) is 58.1 Å². The predicted molar refractivity (Wildman–Crippen MR) is 153 cm³/mol. The van der Waals surface area contributed by atoms with Crippen molar-refractivity contribution < 1.29 is 17.6 Å². The Labute approximate surface area is 226 Å². The lowest BCUT2D eigenvalue weighted by Crippen LogP contribution is -2.40. The van der Waals surface area contributed by atoms with Gasteiger partial charge in [-0.15, -0.1) is 0 Å². The lowest BCUT2D eigenvalue weighted by atomic mass is 10.2. The highest BCUT2D eigenvalue weighted by molar-refractivity contribution is 7.89. The SMILES string of the molecule is CCN(CC)C(=O)C#CCCN(C#CC#CCCCO[Si](C)(C)C(C)(C)C)S(=O)(=O)c1ccc(C)cc1. The number of hydrogen-bond acceptors (Lipinski definition) is 4. The van der Waals surface area contributed by atoms with Crippen LogP contribution in [0.1, 0.15) is 59.4 Å². The lowest BCUT2D eigenvalue weighted by molar-refractivity contribution is -0.124. The number of carbonyl (C=O) groups is 1. The van der Waals surface area contributed by atoms with Gasteiger partial charge in [0.25, 0.3) is 15.9 Å². The van der Waals surface area contributed by atoms with Gasteiger partial charge < -0.3 is 9.33 Å². The molecule has 0 saturated carbocycles. The predicted octanol–water partition coefficient (Wildman–Crippen LogP) is 5.01. The molecule has 0 bridgehead atoms. The molecule has 0 aliphatic heterocycles. The van der Waals surface area contributed by atoms with Crippen LogP contribution < -0.4 is 0 Å². The Kier molecular flexibility index (Phi) is 13.0. The van der Waals surface area contributed by atoms with Crippen molar-refractivity contribution in [1.82, 2.24) is 9.21 Å². The molecule has 1 aromatic rings. The summed E-state index contributed by atoms with van der Waals surface area (Å²) < 4.78 is 33.6. The summed E-state index contributed by atoms with van der Waals surface area (Å²) in [5, 5.41) is 0.166. The van der Waals surface area contributed by atoms with E-state index in [1.807, 2.05) is 20.8 Å². The maximum absolute atomic E-state index is 13.2. The Balaban J connectivity index is 2.90. The molecule has 0 radical (unpaired) electrons. The molecular formula is C29H42N2O4SSi. The number of carbonyl (C=O) groups excluding carboxylic acids is 1. The van der Waals surface area contributed by atoms with Gasteiger partial charge in [-0.3, -0.25) is 4.79 Å². The van der Waals surface area contributed by atoms with E-state index in [0.29, 0.717) is 26.1 Å². The summed E-state index contributed by atoms with van der Waals surface area (Å²) in [6.07, 6.45) is 1.58. The zero-order valence-electron chi connectivity index (χ0n) is 23.7. The Morgan fingerprint density at radius 2 is 1.62 bits per heavy atom. The number of rotatable bonds is 10. The van der Waals surface area contributed by atoms with Crippen molar-refractivity contribution >= 4 is 24.2 Å². The molecule has 0 atom stereocenters. The Hall–Kier alpha value is -2.70. The summed E-state index contributed by atoms with van der Waals surface area (Å²) in [7, 11) is -5.63. The average molecular weight is 543 g/mol. The third kappa shape index (κ3) is 10.7. The number of benzene rings is 1. The van der Waals surface area contributed by atoms with E-state index in [4.69, 9.17) is 4.43 Å². The van der Waals surface area contributed by atoms with E-state index >= 15 is 0 Å². The van der Waals surface area contributed by atoms with Crippen molar-refractivity contribution in [2.24, 2.45) is 0 Å². The molecule has 37 heavy (non-hydrogen) atoms. The molecule has 0 saturated heterocycles. The van der Waals surface area contributed by atoms with Gasteiger partial charge in [-0.05, 0) is 69.3 Å². The van der Waals surface area contributed by atoms with Crippen molar-refractivity contribution in [2.75, 3.05) is 26.2 Å². The minimum atomic E-state index is -3.86. The van der Waals surface area contributed by atoms with Crippen LogP contribution >= 0.6 is 0 Å². The second-order valence-corrected chi connectivity index (χ2v) is 16.8. The van der Waals surface area contributed by atoms with E-state index in [0.717, 1.165) is 16.3 Å². The molecule has 1 aromatic carbocycles. The number of unbranched alkanes of at least 4 members (excludes halogenated alkanes) is 1. The van der Waals surface area contributed by atoms with E-state index in [-0.39, 0.29) is 28.8 Å². The first-order chi connectivity index (χ1) is 17.3. The Bertz CT molecular complexity index is 1180. The quantitative estimate of drug-likeness (QED) is 0.180. The summed E-state index contributed by atoms with van der Waals surface area (Å²) >= 11 is 0. The van der Waals surface area contributed by atoms with E-state index in [1.54, 1.807) is 29.2 Å². The molecule has 8 heteroatoms. The van der Waals surface area contributed by atoms with Crippen LogP contribution in [0.3, 0.4) is 0 Å². The molecule has 0 fully saturated rings. The fourth-order valence-corrected chi connectivity index (χ4v) is 5.18. The van der Waals surface area contributed by atoms with Gasteiger partial charge in [0.15, 0.2) is 8.32 Å². The van der Waals surface area contributed by atoms with Gasteiger partial charge in [0, 0.05) is 44.5 Å². The van der Waals surface area contributed by atoms with Gasteiger partial charge >= 0.3 is 0 Å². The highest BCUT2D eigenvalue weighted by Crippen LogP contribution is 2.36. The molecule has 0 aromatic heterocycles. The summed E-state index contributed by atoms with van der Waals surface area (Å²) in [6, 6.07) is 9.28. The van der Waals surface area contributed by atoms with Gasteiger partial charge in [-0.2, -0.15) is 0 Å². The van der Waals surface area contributed by atoms with Crippen LogP contribution in [0.2, 0.25) is 18.1 Å². The van der Waals surface area contributed by atoms with Gasteiger partial charge in [0.1, 0.15) is 0 Å². The first-order valence-corrected chi connectivity index (χ1v) is 17.1. The minimum Gasteiger partial charge on any atom is -0.417 e. The maximum atomic E-state index is 13.2. The third-order valence-corrected chi connectivity index (χ3v) is 12.6. The molecule has 6 nitrogen and oxygen atoms in total. The number of hydrogen-bond donors (Lipinski definition) is 0. The fraction of sp³-hybridized carbons (Fsp3) is 0.552. The van der Waals surface area contributed by atoms with Crippen molar-refractivity contribution in [3.05, 3.63) is 29.8 Å². The van der Waals surface area contributed by atoms with E-state index < -0.39 is 18.3 Å². The molecule has 0 heterocycles. The van der Waals surface area contributed by atoms with Crippen LogP contribution in [0.4, 0.5) is 0 Å². The van der Waals surface area contributed by atoms with Crippen molar-refractivity contribution in [3.8, 4) is 35.6 Å². The monoisotopic (exact) mass is 542 g/mol. The second kappa shape index (κ2) is 14.9. The smallest absolute Gasteiger partial charge is 0.298 e. The highest BCUT2D eigenvalue weighted by Gasteiger charge is 2.36. The first-order valence-electron chi connectivity index (χ1n) is 12.8. The van der Waals surface area contributed by atoms with E-state index in [1.165, 1.54) is 0 Å². The molecule has 0 N–H and O–H groups in total. The molecule has 0 spiro atoms. The van der Waals surface area contributed by atoms with Crippen LogP contribution in [-0.2, 0) is 19.2 Å². The first kappa shape index (κ1) is 32.3. The lowest BCUT2D eigenvalue weighted by Gasteiger charge is -2.36. The maximum Gasteiger partial charge on any atom is 0.298 e. The molecule has 0 aliphatic carbocycles. The molecule has 1 amide bonds. The van der Waals surface area contributed by atoms with Crippen molar-refractivity contribution in [3.63, 3.8) is 0 Å². The van der Waals surface area contributed by atoms with Gasteiger partial charge in [0.2, 0.25) is 0 Å². The zero-order chi connectivity index (χ0) is 28.1. The van der Waals surface area contributed by atoms with E-state index in [9.17, 15) is 13.2 Å². The molecule has 202 valence electrons.